The number of fused-ring (bicyclic) bond motifs is 1. The molecular formula is C29H25N5O6. The minimum Gasteiger partial charge on any atom is -0.496 e. The molecule has 0 bridgehead atoms. The summed E-state index contributed by atoms with van der Waals surface area (Å²) in [4.78, 5) is 33.6. The molecular weight excluding hydrogens is 514 g/mol. The number of ether oxygens (including phenoxy) is 3. The third-order valence-corrected chi connectivity index (χ3v) is 6.13. The third-order valence-electron chi connectivity index (χ3n) is 6.13. The molecule has 0 saturated heterocycles. The summed E-state index contributed by atoms with van der Waals surface area (Å²) >= 11 is 0. The second-order valence-corrected chi connectivity index (χ2v) is 8.58. The van der Waals surface area contributed by atoms with E-state index in [9.17, 15) is 14.7 Å². The van der Waals surface area contributed by atoms with E-state index in [1.54, 1.807) is 50.7 Å². The summed E-state index contributed by atoms with van der Waals surface area (Å²) in [5, 5.41) is 15.4. The minimum atomic E-state index is -1.12. The SMILES string of the molecule is COc1ccc(Nc2nc(-c3cccc(C(=O)Nc4ccc(C(=O)O)c(OC)c4)c3)cn3ccnc23)cc1OC. The van der Waals surface area contributed by atoms with Crippen molar-refractivity contribution in [3.05, 3.63) is 90.4 Å². The van der Waals surface area contributed by atoms with E-state index < -0.39 is 5.97 Å². The van der Waals surface area contributed by atoms with Gasteiger partial charge in [-0.2, -0.15) is 0 Å². The van der Waals surface area contributed by atoms with Crippen LogP contribution in [0.15, 0.2) is 79.3 Å². The average Bonchev–Trinajstić information content (AvgIpc) is 3.46. The lowest BCUT2D eigenvalue weighted by molar-refractivity contribution is 0.0693. The highest BCUT2D eigenvalue weighted by Crippen LogP contribution is 2.32. The molecule has 0 unspecified atom stereocenters. The number of imidazole rings is 1. The van der Waals surface area contributed by atoms with E-state index in [4.69, 9.17) is 19.2 Å². The van der Waals surface area contributed by atoms with Crippen molar-refractivity contribution in [1.29, 1.82) is 0 Å². The van der Waals surface area contributed by atoms with Crippen LogP contribution >= 0.6 is 0 Å². The maximum absolute atomic E-state index is 13.1. The van der Waals surface area contributed by atoms with Crippen molar-refractivity contribution >= 4 is 34.7 Å². The number of amides is 1. The first-order chi connectivity index (χ1) is 19.4. The number of rotatable bonds is 9. The quantitative estimate of drug-likeness (QED) is 0.233. The second kappa shape index (κ2) is 11.0. The van der Waals surface area contributed by atoms with Gasteiger partial charge >= 0.3 is 5.97 Å². The number of nitrogens with zero attached hydrogens (tertiary/aromatic N) is 3. The lowest BCUT2D eigenvalue weighted by Crippen LogP contribution is -2.12. The van der Waals surface area contributed by atoms with Crippen LogP contribution in [0.25, 0.3) is 16.9 Å². The molecule has 0 aliphatic carbocycles. The summed E-state index contributed by atoms with van der Waals surface area (Å²) in [5.74, 6) is 0.328. The van der Waals surface area contributed by atoms with Gasteiger partial charge in [-0.3, -0.25) is 4.79 Å². The number of anilines is 3. The van der Waals surface area contributed by atoms with E-state index in [-0.39, 0.29) is 17.2 Å². The fraction of sp³-hybridized carbons (Fsp3) is 0.103. The molecule has 0 radical (unpaired) electrons. The average molecular weight is 540 g/mol. The van der Waals surface area contributed by atoms with Gasteiger partial charge in [0.05, 0.1) is 27.0 Å². The highest BCUT2D eigenvalue weighted by atomic mass is 16.5. The molecule has 0 atom stereocenters. The van der Waals surface area contributed by atoms with Gasteiger partial charge < -0.3 is 34.4 Å². The van der Waals surface area contributed by atoms with Gasteiger partial charge in [-0.05, 0) is 36.4 Å². The van der Waals surface area contributed by atoms with E-state index in [1.165, 1.54) is 25.3 Å². The van der Waals surface area contributed by atoms with E-state index in [1.807, 2.05) is 28.9 Å². The van der Waals surface area contributed by atoms with Crippen molar-refractivity contribution in [2.24, 2.45) is 0 Å². The predicted molar refractivity (Wildman–Crippen MR) is 149 cm³/mol. The summed E-state index contributed by atoms with van der Waals surface area (Å²) in [6.07, 6.45) is 5.31. The van der Waals surface area contributed by atoms with Crippen LogP contribution in [0.1, 0.15) is 20.7 Å². The zero-order valence-electron chi connectivity index (χ0n) is 21.8. The number of carboxylic acids is 1. The van der Waals surface area contributed by atoms with Gasteiger partial charge in [-0.25, -0.2) is 14.8 Å². The van der Waals surface area contributed by atoms with Crippen molar-refractivity contribution in [2.75, 3.05) is 32.0 Å². The Labute approximate surface area is 229 Å². The van der Waals surface area contributed by atoms with Crippen LogP contribution < -0.4 is 24.8 Å². The van der Waals surface area contributed by atoms with E-state index in [2.05, 4.69) is 15.6 Å². The molecule has 0 aliphatic heterocycles. The van der Waals surface area contributed by atoms with Gasteiger partial charge in [-0.15, -0.1) is 0 Å². The largest absolute Gasteiger partial charge is 0.496 e. The molecule has 2 heterocycles. The van der Waals surface area contributed by atoms with Crippen LogP contribution in [-0.2, 0) is 0 Å². The number of carbonyl (C=O) groups excluding carboxylic acids is 1. The molecule has 0 aliphatic rings. The Morgan fingerprint density at radius 3 is 2.38 bits per heavy atom. The Bertz CT molecular complexity index is 1730. The lowest BCUT2D eigenvalue weighted by atomic mass is 10.1. The highest BCUT2D eigenvalue weighted by Gasteiger charge is 2.15. The van der Waals surface area contributed by atoms with Crippen LogP contribution in [0.2, 0.25) is 0 Å². The zero-order valence-corrected chi connectivity index (χ0v) is 21.8. The molecule has 2 aromatic heterocycles. The lowest BCUT2D eigenvalue weighted by Gasteiger charge is -2.13. The fourth-order valence-electron chi connectivity index (χ4n) is 4.17. The van der Waals surface area contributed by atoms with E-state index in [0.29, 0.717) is 45.5 Å². The summed E-state index contributed by atoms with van der Waals surface area (Å²) in [7, 11) is 4.51. The fourth-order valence-corrected chi connectivity index (χ4v) is 4.17. The van der Waals surface area contributed by atoms with Crippen molar-refractivity contribution in [1.82, 2.24) is 14.4 Å². The standard InChI is InChI=1S/C29H25N5O6/c1-38-23-10-8-19(15-25(23)40-3)31-26-27-30-11-12-34(27)16-22(33-26)17-5-4-6-18(13-17)28(35)32-20-7-9-21(29(36)37)24(14-20)39-2/h4-16H,1-3H3,(H,31,33)(H,32,35)(H,36,37). The Balaban J connectivity index is 1.44. The Kier molecular flexibility index (Phi) is 7.18. The van der Waals surface area contributed by atoms with Gasteiger partial charge in [-0.1, -0.05) is 12.1 Å². The number of carbonyl (C=O) groups is 2. The Hall–Kier alpha value is -5.58. The molecule has 40 heavy (non-hydrogen) atoms. The molecule has 0 fully saturated rings. The van der Waals surface area contributed by atoms with Gasteiger partial charge in [0.25, 0.3) is 5.91 Å². The second-order valence-electron chi connectivity index (χ2n) is 8.58. The van der Waals surface area contributed by atoms with Crippen molar-refractivity contribution in [3.8, 4) is 28.5 Å². The molecule has 3 aromatic carbocycles. The van der Waals surface area contributed by atoms with Gasteiger partial charge in [0.2, 0.25) is 0 Å². The van der Waals surface area contributed by atoms with Crippen LogP contribution in [-0.4, -0.2) is 52.7 Å². The number of carboxylic acid groups (broad SMARTS) is 1. The molecule has 0 saturated carbocycles. The third kappa shape index (κ3) is 5.20. The number of benzene rings is 3. The number of nitrogens with one attached hydrogen (secondary N) is 2. The number of aromatic nitrogens is 3. The smallest absolute Gasteiger partial charge is 0.339 e. The molecule has 0 spiro atoms. The molecule has 5 rings (SSSR count). The van der Waals surface area contributed by atoms with Crippen molar-refractivity contribution in [2.45, 2.75) is 0 Å². The number of methoxy groups -OCH3 is 3. The predicted octanol–water partition coefficient (Wildman–Crippen LogP) is 5.12. The topological polar surface area (TPSA) is 136 Å². The van der Waals surface area contributed by atoms with Crippen LogP contribution in [0.3, 0.4) is 0 Å². The zero-order chi connectivity index (χ0) is 28.2. The monoisotopic (exact) mass is 539 g/mol. The number of hydrogen-bond acceptors (Lipinski definition) is 8. The first kappa shape index (κ1) is 26.0. The number of aromatic carboxylic acids is 1. The van der Waals surface area contributed by atoms with Crippen LogP contribution in [0.5, 0.6) is 17.2 Å². The first-order valence-corrected chi connectivity index (χ1v) is 12.1. The molecule has 202 valence electrons. The van der Waals surface area contributed by atoms with Crippen molar-refractivity contribution < 1.29 is 28.9 Å². The van der Waals surface area contributed by atoms with E-state index >= 15 is 0 Å². The molecule has 5 aromatic rings. The van der Waals surface area contributed by atoms with E-state index in [0.717, 1.165) is 5.69 Å². The van der Waals surface area contributed by atoms with Gasteiger partial charge in [0, 0.05) is 53.2 Å². The normalized spacial score (nSPS) is 10.7. The molecule has 1 amide bonds. The highest BCUT2D eigenvalue weighted by molar-refractivity contribution is 6.05. The minimum absolute atomic E-state index is 0.000891. The summed E-state index contributed by atoms with van der Waals surface area (Å²) in [6.45, 7) is 0. The molecule has 3 N–H and O–H groups in total. The summed E-state index contributed by atoms with van der Waals surface area (Å²) in [6, 6.07) is 16.8. The molecule has 11 nitrogen and oxygen atoms in total. The molecule has 11 heteroatoms. The van der Waals surface area contributed by atoms with Gasteiger partial charge in [0.15, 0.2) is 23.0 Å². The summed E-state index contributed by atoms with van der Waals surface area (Å²) < 4.78 is 17.7. The number of hydrogen-bond donors (Lipinski definition) is 3. The summed E-state index contributed by atoms with van der Waals surface area (Å²) in [5.41, 5.74) is 3.45. The Morgan fingerprint density at radius 1 is 0.875 bits per heavy atom. The maximum atomic E-state index is 13.1. The van der Waals surface area contributed by atoms with Crippen molar-refractivity contribution in [3.63, 3.8) is 0 Å². The van der Waals surface area contributed by atoms with Gasteiger partial charge in [0.1, 0.15) is 11.3 Å². The van der Waals surface area contributed by atoms with Crippen LogP contribution in [0, 0.1) is 0 Å². The first-order valence-electron chi connectivity index (χ1n) is 12.1. The maximum Gasteiger partial charge on any atom is 0.339 e. The van der Waals surface area contributed by atoms with Crippen LogP contribution in [0.4, 0.5) is 17.2 Å². The Morgan fingerprint density at radius 2 is 1.62 bits per heavy atom.